The standard InChI is InChI=1S/C12H19NO4/c1-4-15-11(14)10-8-17-12(13-10)16-7-5-6-9(2)3/h8-9H,4-7H2,1-3H3. The van der Waals surface area contributed by atoms with Crippen molar-refractivity contribution in [2.75, 3.05) is 13.2 Å². The highest BCUT2D eigenvalue weighted by Gasteiger charge is 2.13. The first-order valence-corrected chi connectivity index (χ1v) is 5.89. The molecule has 5 heteroatoms. The molecule has 0 amide bonds. The third-order valence-corrected chi connectivity index (χ3v) is 2.12. The summed E-state index contributed by atoms with van der Waals surface area (Å²) in [6, 6.07) is 0. The van der Waals surface area contributed by atoms with Crippen molar-refractivity contribution in [3.8, 4) is 6.08 Å². The number of aromatic nitrogens is 1. The molecule has 0 saturated carbocycles. The maximum Gasteiger partial charge on any atom is 0.394 e. The van der Waals surface area contributed by atoms with Gasteiger partial charge in [-0.1, -0.05) is 13.8 Å². The predicted molar refractivity (Wildman–Crippen MR) is 62.0 cm³/mol. The van der Waals surface area contributed by atoms with E-state index in [2.05, 4.69) is 18.8 Å². The topological polar surface area (TPSA) is 61.6 Å². The average Bonchev–Trinajstić information content (AvgIpc) is 2.73. The van der Waals surface area contributed by atoms with E-state index in [-0.39, 0.29) is 11.8 Å². The van der Waals surface area contributed by atoms with Gasteiger partial charge in [-0.15, -0.1) is 0 Å². The van der Waals surface area contributed by atoms with E-state index in [9.17, 15) is 4.79 Å². The van der Waals surface area contributed by atoms with Crippen LogP contribution in [0.4, 0.5) is 0 Å². The predicted octanol–water partition coefficient (Wildman–Crippen LogP) is 2.67. The number of nitrogens with zero attached hydrogens (tertiary/aromatic N) is 1. The van der Waals surface area contributed by atoms with E-state index in [4.69, 9.17) is 13.9 Å². The molecule has 0 bridgehead atoms. The Bertz CT molecular complexity index is 346. The Morgan fingerprint density at radius 2 is 2.29 bits per heavy atom. The number of carbonyl (C=O) groups is 1. The van der Waals surface area contributed by atoms with Crippen molar-refractivity contribution in [2.24, 2.45) is 5.92 Å². The lowest BCUT2D eigenvalue weighted by molar-refractivity contribution is 0.0519. The maximum absolute atomic E-state index is 11.3. The summed E-state index contributed by atoms with van der Waals surface area (Å²) in [5.41, 5.74) is 0.144. The minimum atomic E-state index is -0.492. The summed E-state index contributed by atoms with van der Waals surface area (Å²) in [7, 11) is 0. The van der Waals surface area contributed by atoms with E-state index in [0.29, 0.717) is 19.1 Å². The van der Waals surface area contributed by atoms with Gasteiger partial charge in [-0.05, 0) is 25.7 Å². The second-order valence-electron chi connectivity index (χ2n) is 4.10. The molecular formula is C12H19NO4. The summed E-state index contributed by atoms with van der Waals surface area (Å²) >= 11 is 0. The minimum absolute atomic E-state index is 0.122. The van der Waals surface area contributed by atoms with Crippen molar-refractivity contribution in [1.29, 1.82) is 0 Å². The van der Waals surface area contributed by atoms with Crippen molar-refractivity contribution >= 4 is 5.97 Å². The monoisotopic (exact) mass is 241 g/mol. The third-order valence-electron chi connectivity index (χ3n) is 2.12. The van der Waals surface area contributed by atoms with Gasteiger partial charge in [-0.2, -0.15) is 4.98 Å². The van der Waals surface area contributed by atoms with Gasteiger partial charge in [0.25, 0.3) is 0 Å². The smallest absolute Gasteiger partial charge is 0.394 e. The third kappa shape index (κ3) is 4.89. The van der Waals surface area contributed by atoms with Crippen LogP contribution in [0.5, 0.6) is 6.08 Å². The van der Waals surface area contributed by atoms with Gasteiger partial charge in [-0.3, -0.25) is 0 Å². The van der Waals surface area contributed by atoms with E-state index < -0.39 is 5.97 Å². The number of esters is 1. The molecule has 1 aromatic rings. The summed E-state index contributed by atoms with van der Waals surface area (Å²) in [6.07, 6.45) is 3.40. The Balaban J connectivity index is 2.33. The van der Waals surface area contributed by atoms with Crippen LogP contribution >= 0.6 is 0 Å². The molecule has 0 fully saturated rings. The fourth-order valence-corrected chi connectivity index (χ4v) is 1.27. The molecule has 0 saturated heterocycles. The molecular weight excluding hydrogens is 222 g/mol. The molecule has 0 aliphatic heterocycles. The molecule has 1 aromatic heterocycles. The van der Waals surface area contributed by atoms with Gasteiger partial charge in [0.05, 0.1) is 13.2 Å². The van der Waals surface area contributed by atoms with Crippen molar-refractivity contribution in [2.45, 2.75) is 33.6 Å². The largest absolute Gasteiger partial charge is 0.461 e. The molecule has 0 atom stereocenters. The van der Waals surface area contributed by atoms with Gasteiger partial charge < -0.3 is 13.9 Å². The molecule has 0 aliphatic rings. The molecule has 1 heterocycles. The highest BCUT2D eigenvalue weighted by Crippen LogP contribution is 2.12. The molecule has 0 N–H and O–H groups in total. The normalized spacial score (nSPS) is 10.6. The molecule has 0 aromatic carbocycles. The van der Waals surface area contributed by atoms with Crippen LogP contribution in [0.25, 0.3) is 0 Å². The van der Waals surface area contributed by atoms with E-state index in [1.807, 2.05) is 0 Å². The van der Waals surface area contributed by atoms with Crippen LogP contribution in [0, 0.1) is 5.92 Å². The Labute approximate surface area is 101 Å². The number of ether oxygens (including phenoxy) is 2. The lowest BCUT2D eigenvalue weighted by atomic mass is 10.1. The molecule has 1 rings (SSSR count). The van der Waals surface area contributed by atoms with Crippen molar-refractivity contribution in [1.82, 2.24) is 4.98 Å². The zero-order chi connectivity index (χ0) is 12.7. The lowest BCUT2D eigenvalue weighted by Crippen LogP contribution is -2.05. The average molecular weight is 241 g/mol. The molecule has 96 valence electrons. The summed E-state index contributed by atoms with van der Waals surface area (Å²) in [5.74, 6) is 0.159. The van der Waals surface area contributed by atoms with Crippen LogP contribution in [0.15, 0.2) is 10.7 Å². The van der Waals surface area contributed by atoms with Crippen molar-refractivity contribution in [3.63, 3.8) is 0 Å². The Morgan fingerprint density at radius 3 is 2.94 bits per heavy atom. The molecule has 0 aliphatic carbocycles. The quantitative estimate of drug-likeness (QED) is 0.542. The first-order chi connectivity index (χ1) is 8.13. The zero-order valence-electron chi connectivity index (χ0n) is 10.6. The minimum Gasteiger partial charge on any atom is -0.461 e. The first kappa shape index (κ1) is 13.5. The molecule has 0 unspecified atom stereocenters. The van der Waals surface area contributed by atoms with Gasteiger partial charge in [-0.25, -0.2) is 4.79 Å². The summed E-state index contributed by atoms with van der Waals surface area (Å²) in [6.45, 7) is 6.91. The Kier molecular flexibility index (Phi) is 5.52. The van der Waals surface area contributed by atoms with Crippen LogP contribution in [-0.2, 0) is 4.74 Å². The maximum atomic E-state index is 11.3. The Hall–Kier alpha value is -1.52. The van der Waals surface area contributed by atoms with Crippen LogP contribution in [0.1, 0.15) is 44.1 Å². The highest BCUT2D eigenvalue weighted by molar-refractivity contribution is 5.86. The van der Waals surface area contributed by atoms with E-state index in [1.165, 1.54) is 6.26 Å². The van der Waals surface area contributed by atoms with Gasteiger partial charge >= 0.3 is 12.0 Å². The molecule has 0 radical (unpaired) electrons. The highest BCUT2D eigenvalue weighted by atomic mass is 16.6. The van der Waals surface area contributed by atoms with Crippen molar-refractivity contribution in [3.05, 3.63) is 12.0 Å². The van der Waals surface area contributed by atoms with E-state index in [1.54, 1.807) is 6.92 Å². The summed E-state index contributed by atoms with van der Waals surface area (Å²) in [4.78, 5) is 15.2. The fourth-order valence-electron chi connectivity index (χ4n) is 1.27. The van der Waals surface area contributed by atoms with Crippen LogP contribution in [0.3, 0.4) is 0 Å². The van der Waals surface area contributed by atoms with E-state index >= 15 is 0 Å². The number of carbonyl (C=O) groups excluding carboxylic acids is 1. The zero-order valence-corrected chi connectivity index (χ0v) is 10.6. The molecule has 5 nitrogen and oxygen atoms in total. The van der Waals surface area contributed by atoms with Crippen molar-refractivity contribution < 1.29 is 18.7 Å². The molecule has 17 heavy (non-hydrogen) atoms. The van der Waals surface area contributed by atoms with Crippen LogP contribution in [-0.4, -0.2) is 24.2 Å². The summed E-state index contributed by atoms with van der Waals surface area (Å²) < 4.78 is 15.1. The first-order valence-electron chi connectivity index (χ1n) is 5.89. The van der Waals surface area contributed by atoms with Gasteiger partial charge in [0, 0.05) is 0 Å². The number of hydrogen-bond acceptors (Lipinski definition) is 5. The van der Waals surface area contributed by atoms with E-state index in [0.717, 1.165) is 12.8 Å². The summed E-state index contributed by atoms with van der Waals surface area (Å²) in [5, 5.41) is 0. The van der Waals surface area contributed by atoms with Gasteiger partial charge in [0.1, 0.15) is 6.26 Å². The number of hydrogen-bond donors (Lipinski definition) is 0. The SMILES string of the molecule is CCOC(=O)c1coc(OCCCC(C)C)n1. The number of oxazole rings is 1. The van der Waals surface area contributed by atoms with Crippen LogP contribution in [0.2, 0.25) is 0 Å². The number of rotatable bonds is 7. The Morgan fingerprint density at radius 1 is 1.53 bits per heavy atom. The lowest BCUT2D eigenvalue weighted by Gasteiger charge is -2.03. The van der Waals surface area contributed by atoms with Gasteiger partial charge in [0.2, 0.25) is 0 Å². The molecule has 0 spiro atoms. The second kappa shape index (κ2) is 6.93. The van der Waals surface area contributed by atoms with Gasteiger partial charge in [0.15, 0.2) is 5.69 Å². The van der Waals surface area contributed by atoms with Crippen LogP contribution < -0.4 is 4.74 Å². The second-order valence-corrected chi connectivity index (χ2v) is 4.10. The fraction of sp³-hybridized carbons (Fsp3) is 0.667.